The Morgan fingerprint density at radius 2 is 1.96 bits per heavy atom. The Morgan fingerprint density at radius 1 is 1.17 bits per heavy atom. The van der Waals surface area contributed by atoms with Crippen molar-refractivity contribution >= 4 is 17.7 Å². The largest absolute Gasteiger partial charge is 0.439 e. The van der Waals surface area contributed by atoms with Crippen LogP contribution in [0.5, 0.6) is 0 Å². The van der Waals surface area contributed by atoms with Gasteiger partial charge in [0.1, 0.15) is 0 Å². The third-order valence-corrected chi connectivity index (χ3v) is 4.38. The molecule has 24 heavy (non-hydrogen) atoms. The fourth-order valence-electron chi connectivity index (χ4n) is 2.09. The van der Waals surface area contributed by atoms with Gasteiger partial charge in [-0.3, -0.25) is 4.79 Å². The molecule has 0 saturated carbocycles. The van der Waals surface area contributed by atoms with Gasteiger partial charge in [0.15, 0.2) is 5.76 Å². The number of carbonyl (C=O) groups is 1. The van der Waals surface area contributed by atoms with Crippen molar-refractivity contribution in [1.82, 2.24) is 15.3 Å². The zero-order valence-electron chi connectivity index (χ0n) is 13.2. The molecule has 2 heterocycles. The van der Waals surface area contributed by atoms with Crippen molar-refractivity contribution in [3.63, 3.8) is 0 Å². The van der Waals surface area contributed by atoms with Gasteiger partial charge >= 0.3 is 0 Å². The Labute approximate surface area is 144 Å². The Bertz CT molecular complexity index is 790. The van der Waals surface area contributed by atoms with Crippen molar-refractivity contribution < 1.29 is 9.21 Å². The van der Waals surface area contributed by atoms with Crippen LogP contribution in [0.15, 0.2) is 70.4 Å². The minimum atomic E-state index is -0.247. The van der Waals surface area contributed by atoms with E-state index in [0.717, 1.165) is 10.6 Å². The summed E-state index contributed by atoms with van der Waals surface area (Å²) in [5.41, 5.74) is 0.960. The highest BCUT2D eigenvalue weighted by atomic mass is 32.2. The lowest BCUT2D eigenvalue weighted by Crippen LogP contribution is -2.30. The molecule has 0 radical (unpaired) electrons. The summed E-state index contributed by atoms with van der Waals surface area (Å²) in [6.07, 6.45) is 3.38. The van der Waals surface area contributed by atoms with Crippen molar-refractivity contribution in [3.8, 4) is 11.3 Å². The highest BCUT2D eigenvalue weighted by Gasteiger charge is 2.15. The number of carbonyl (C=O) groups excluding carboxylic acids is 1. The molecule has 1 aromatic carbocycles. The monoisotopic (exact) mass is 339 g/mol. The summed E-state index contributed by atoms with van der Waals surface area (Å²) in [5, 5.41) is 3.42. The average molecular weight is 339 g/mol. The maximum atomic E-state index is 12.2. The van der Waals surface area contributed by atoms with Gasteiger partial charge in [-0.1, -0.05) is 48.2 Å². The number of nitrogens with one attached hydrogen (secondary N) is 1. The number of hydrogen-bond acceptors (Lipinski definition) is 5. The second kappa shape index (κ2) is 7.79. The summed E-state index contributed by atoms with van der Waals surface area (Å²) in [5.74, 6) is 1.10. The summed E-state index contributed by atoms with van der Waals surface area (Å²) in [4.78, 5) is 20.6. The van der Waals surface area contributed by atoms with E-state index in [4.69, 9.17) is 4.42 Å². The summed E-state index contributed by atoms with van der Waals surface area (Å²) < 4.78 is 5.67. The number of aromatic nitrogens is 2. The number of oxazole rings is 1. The number of hydrogen-bond donors (Lipinski definition) is 1. The van der Waals surface area contributed by atoms with Gasteiger partial charge in [0.05, 0.1) is 23.0 Å². The van der Waals surface area contributed by atoms with Gasteiger partial charge in [-0.05, 0) is 19.1 Å². The number of benzene rings is 1. The first-order valence-corrected chi connectivity index (χ1v) is 8.46. The van der Waals surface area contributed by atoms with Gasteiger partial charge in [0.2, 0.25) is 11.8 Å². The van der Waals surface area contributed by atoms with Crippen LogP contribution in [0.3, 0.4) is 0 Å². The molecule has 0 fully saturated rings. The molecule has 0 aliphatic heterocycles. The molecule has 1 amide bonds. The summed E-state index contributed by atoms with van der Waals surface area (Å²) >= 11 is 1.41. The van der Waals surface area contributed by atoms with E-state index in [9.17, 15) is 4.79 Å². The summed E-state index contributed by atoms with van der Waals surface area (Å²) in [6, 6.07) is 15.4. The first kappa shape index (κ1) is 16.3. The van der Waals surface area contributed by atoms with Crippen molar-refractivity contribution in [2.24, 2.45) is 0 Å². The van der Waals surface area contributed by atoms with E-state index in [-0.39, 0.29) is 17.7 Å². The number of amides is 1. The summed E-state index contributed by atoms with van der Waals surface area (Å²) in [6.45, 7) is 2.11. The molecular weight excluding hydrogens is 322 g/mol. The highest BCUT2D eigenvalue weighted by molar-refractivity contribution is 8.00. The fraction of sp³-hybridized carbons (Fsp3) is 0.167. The van der Waals surface area contributed by atoms with Crippen LogP contribution in [0.2, 0.25) is 0 Å². The molecule has 1 atom stereocenters. The van der Waals surface area contributed by atoms with Crippen LogP contribution in [-0.4, -0.2) is 21.1 Å². The van der Waals surface area contributed by atoms with Crippen LogP contribution in [-0.2, 0) is 11.3 Å². The molecular formula is C18H17N3O2S. The van der Waals surface area contributed by atoms with Gasteiger partial charge < -0.3 is 9.73 Å². The normalized spacial score (nSPS) is 11.9. The van der Waals surface area contributed by atoms with Crippen LogP contribution >= 0.6 is 11.8 Å². The molecule has 6 heteroatoms. The van der Waals surface area contributed by atoms with Crippen molar-refractivity contribution in [3.05, 3.63) is 66.8 Å². The van der Waals surface area contributed by atoms with E-state index < -0.39 is 0 Å². The lowest BCUT2D eigenvalue weighted by Gasteiger charge is -2.10. The maximum Gasteiger partial charge on any atom is 0.233 e. The SMILES string of the molecule is C[C@@H](Sc1ccccn1)C(=O)NCc1ncc(-c2ccccc2)o1. The summed E-state index contributed by atoms with van der Waals surface area (Å²) in [7, 11) is 0. The van der Waals surface area contributed by atoms with Crippen molar-refractivity contribution in [2.45, 2.75) is 23.7 Å². The van der Waals surface area contributed by atoms with Crippen LogP contribution < -0.4 is 5.32 Å². The number of pyridine rings is 1. The Hall–Kier alpha value is -2.60. The molecule has 5 nitrogen and oxygen atoms in total. The Kier molecular flexibility index (Phi) is 5.28. The van der Waals surface area contributed by atoms with Crippen molar-refractivity contribution in [1.29, 1.82) is 0 Å². The Morgan fingerprint density at radius 3 is 2.71 bits per heavy atom. The average Bonchev–Trinajstić information content (AvgIpc) is 3.10. The maximum absolute atomic E-state index is 12.2. The number of thioether (sulfide) groups is 1. The van der Waals surface area contributed by atoms with Crippen LogP contribution in [0.4, 0.5) is 0 Å². The minimum absolute atomic E-state index is 0.0786. The molecule has 0 unspecified atom stereocenters. The predicted octanol–water partition coefficient (Wildman–Crippen LogP) is 3.53. The topological polar surface area (TPSA) is 68.0 Å². The van der Waals surface area contributed by atoms with E-state index in [1.807, 2.05) is 55.5 Å². The van der Waals surface area contributed by atoms with E-state index in [2.05, 4.69) is 15.3 Å². The molecule has 3 rings (SSSR count). The van der Waals surface area contributed by atoms with E-state index >= 15 is 0 Å². The van der Waals surface area contributed by atoms with Crippen molar-refractivity contribution in [2.75, 3.05) is 0 Å². The molecule has 3 aromatic rings. The van der Waals surface area contributed by atoms with E-state index in [1.165, 1.54) is 11.8 Å². The van der Waals surface area contributed by atoms with Gasteiger partial charge in [0.25, 0.3) is 0 Å². The first-order chi connectivity index (χ1) is 11.7. The lowest BCUT2D eigenvalue weighted by atomic mass is 10.2. The molecule has 0 aliphatic carbocycles. The van der Waals surface area contributed by atoms with Gasteiger partial charge in [-0.25, -0.2) is 9.97 Å². The Balaban J connectivity index is 1.54. The lowest BCUT2D eigenvalue weighted by molar-refractivity contribution is -0.120. The predicted molar refractivity (Wildman–Crippen MR) is 93.3 cm³/mol. The van der Waals surface area contributed by atoms with Crippen LogP contribution in [0.1, 0.15) is 12.8 Å². The minimum Gasteiger partial charge on any atom is -0.439 e. The molecule has 1 N–H and O–H groups in total. The molecule has 0 saturated heterocycles. The highest BCUT2D eigenvalue weighted by Crippen LogP contribution is 2.21. The van der Waals surface area contributed by atoms with Crippen LogP contribution in [0.25, 0.3) is 11.3 Å². The smallest absolute Gasteiger partial charge is 0.233 e. The van der Waals surface area contributed by atoms with E-state index in [1.54, 1.807) is 12.4 Å². The fourth-order valence-corrected chi connectivity index (χ4v) is 2.92. The molecule has 0 spiro atoms. The molecule has 122 valence electrons. The number of rotatable bonds is 6. The molecule has 0 aliphatic rings. The van der Waals surface area contributed by atoms with E-state index in [0.29, 0.717) is 11.7 Å². The van der Waals surface area contributed by atoms with Gasteiger partial charge in [-0.15, -0.1) is 0 Å². The zero-order chi connectivity index (χ0) is 16.8. The molecule has 0 bridgehead atoms. The molecule has 2 aromatic heterocycles. The van der Waals surface area contributed by atoms with Gasteiger partial charge in [-0.2, -0.15) is 0 Å². The zero-order valence-corrected chi connectivity index (χ0v) is 14.0. The number of nitrogens with zero attached hydrogens (tertiary/aromatic N) is 2. The second-order valence-corrected chi connectivity index (χ2v) is 6.49. The van der Waals surface area contributed by atoms with Gasteiger partial charge in [0, 0.05) is 11.8 Å². The first-order valence-electron chi connectivity index (χ1n) is 7.58. The third-order valence-electron chi connectivity index (χ3n) is 3.33. The standard InChI is InChI=1S/C18H17N3O2S/c1-13(24-17-9-5-6-10-19-17)18(22)21-12-16-20-11-15(23-16)14-7-3-2-4-8-14/h2-11,13H,12H2,1H3,(H,21,22)/t13-/m1/s1. The third kappa shape index (κ3) is 4.23. The second-order valence-electron chi connectivity index (χ2n) is 5.13. The van der Waals surface area contributed by atoms with Crippen LogP contribution in [0, 0.1) is 0 Å². The quantitative estimate of drug-likeness (QED) is 0.696.